The van der Waals surface area contributed by atoms with Gasteiger partial charge < -0.3 is 19.5 Å². The number of sulfone groups is 1. The number of amides is 1. The molecule has 0 saturated carbocycles. The zero-order valence-corrected chi connectivity index (χ0v) is 16.7. The Hall–Kier alpha value is -2.05. The van der Waals surface area contributed by atoms with Crippen LogP contribution < -0.4 is 19.5 Å². The van der Waals surface area contributed by atoms with Crippen molar-refractivity contribution < 1.29 is 35.8 Å². The van der Waals surface area contributed by atoms with Gasteiger partial charge in [-0.2, -0.15) is 0 Å². The highest BCUT2D eigenvalue weighted by atomic mass is 32.2. The van der Waals surface area contributed by atoms with Crippen LogP contribution in [0.2, 0.25) is 0 Å². The van der Waals surface area contributed by atoms with Gasteiger partial charge in [0.2, 0.25) is 10.0 Å². The molecule has 1 amide bonds. The molecule has 1 heterocycles. The Morgan fingerprint density at radius 1 is 1.19 bits per heavy atom. The van der Waals surface area contributed by atoms with Crippen LogP contribution >= 0.6 is 0 Å². The number of nitrogens with one attached hydrogen (secondary N) is 2. The fourth-order valence-corrected chi connectivity index (χ4v) is 6.08. The molecule has 1 fully saturated rings. The number of carbonyl (C=O) groups excluding carboxylic acids is 1. The van der Waals surface area contributed by atoms with E-state index in [0.717, 1.165) is 0 Å². The molecule has 1 aliphatic rings. The molecule has 10 nitrogen and oxygen atoms in total. The number of carbonyl (C=O) groups is 1. The Morgan fingerprint density at radius 2 is 1.85 bits per heavy atom. The van der Waals surface area contributed by atoms with Crippen LogP contribution in [0.15, 0.2) is 23.1 Å². The quantitative estimate of drug-likeness (QED) is 0.621. The van der Waals surface area contributed by atoms with Crippen LogP contribution in [-0.4, -0.2) is 67.3 Å². The van der Waals surface area contributed by atoms with Crippen LogP contribution in [0.3, 0.4) is 0 Å². The molecule has 152 valence electrons. The average molecular weight is 422 g/mol. The predicted molar refractivity (Wildman–Crippen MR) is 96.3 cm³/mol. The van der Waals surface area contributed by atoms with Gasteiger partial charge in [-0.15, -0.1) is 0 Å². The summed E-state index contributed by atoms with van der Waals surface area (Å²) in [6.07, 6.45) is -0.814. The van der Waals surface area contributed by atoms with Gasteiger partial charge in [0.05, 0.1) is 44.4 Å². The van der Waals surface area contributed by atoms with Crippen molar-refractivity contribution in [1.82, 2.24) is 10.0 Å². The Bertz CT molecular complexity index is 898. The zero-order chi connectivity index (χ0) is 20.2. The van der Waals surface area contributed by atoms with Crippen LogP contribution in [0, 0.1) is 0 Å². The highest BCUT2D eigenvalue weighted by molar-refractivity contribution is 7.92. The monoisotopic (exact) mass is 422 g/mol. The molecule has 0 radical (unpaired) electrons. The van der Waals surface area contributed by atoms with Gasteiger partial charge in [-0.25, -0.2) is 26.4 Å². The maximum absolute atomic E-state index is 12.8. The smallest absolute Gasteiger partial charge is 0.407 e. The second kappa shape index (κ2) is 8.31. The first-order chi connectivity index (χ1) is 12.6. The van der Waals surface area contributed by atoms with Crippen molar-refractivity contribution in [2.75, 3.05) is 32.3 Å². The minimum atomic E-state index is -4.13. The minimum Gasteiger partial charge on any atom is -0.497 e. The molecular formula is C15H22N2O8S2. The van der Waals surface area contributed by atoms with E-state index in [1.807, 2.05) is 0 Å². The Morgan fingerprint density at radius 3 is 2.44 bits per heavy atom. The summed E-state index contributed by atoms with van der Waals surface area (Å²) in [7, 11) is -4.93. The van der Waals surface area contributed by atoms with Crippen LogP contribution in [0.4, 0.5) is 4.79 Å². The molecule has 1 aromatic carbocycles. The van der Waals surface area contributed by atoms with Gasteiger partial charge in [0.1, 0.15) is 16.4 Å². The normalized spacial score (nSPS) is 21.4. The third-order valence-electron chi connectivity index (χ3n) is 3.90. The number of rotatable bonds is 7. The first kappa shape index (κ1) is 21.3. The third-order valence-corrected chi connectivity index (χ3v) is 7.16. The van der Waals surface area contributed by atoms with E-state index in [4.69, 9.17) is 14.2 Å². The van der Waals surface area contributed by atoms with Crippen LogP contribution in [0.1, 0.15) is 6.92 Å². The van der Waals surface area contributed by atoms with E-state index in [0.29, 0.717) is 5.75 Å². The lowest BCUT2D eigenvalue weighted by Gasteiger charge is -2.21. The number of ether oxygens (including phenoxy) is 3. The first-order valence-electron chi connectivity index (χ1n) is 8.00. The van der Waals surface area contributed by atoms with E-state index in [1.165, 1.54) is 32.4 Å². The maximum Gasteiger partial charge on any atom is 0.407 e. The molecule has 2 atom stereocenters. The zero-order valence-electron chi connectivity index (χ0n) is 15.1. The lowest BCUT2D eigenvalue weighted by Crippen LogP contribution is -2.51. The van der Waals surface area contributed by atoms with Crippen molar-refractivity contribution in [3.8, 4) is 11.5 Å². The molecule has 0 unspecified atom stereocenters. The second-order valence-corrected chi connectivity index (χ2v) is 9.63. The summed E-state index contributed by atoms with van der Waals surface area (Å²) >= 11 is 0. The molecule has 1 aliphatic heterocycles. The lowest BCUT2D eigenvalue weighted by atomic mass is 10.2. The summed E-state index contributed by atoms with van der Waals surface area (Å²) in [5, 5.41) is 2.39. The molecule has 0 aliphatic carbocycles. The van der Waals surface area contributed by atoms with Crippen molar-refractivity contribution in [3.63, 3.8) is 0 Å². The third kappa shape index (κ3) is 5.23. The molecular weight excluding hydrogens is 400 g/mol. The first-order valence-corrected chi connectivity index (χ1v) is 11.3. The highest BCUT2D eigenvalue weighted by Crippen LogP contribution is 2.29. The minimum absolute atomic E-state index is 0.0394. The summed E-state index contributed by atoms with van der Waals surface area (Å²) in [6, 6.07) is 2.13. The van der Waals surface area contributed by atoms with E-state index in [9.17, 15) is 21.6 Å². The number of methoxy groups -OCH3 is 2. The number of sulfonamides is 1. The Balaban J connectivity index is 2.28. The van der Waals surface area contributed by atoms with Gasteiger partial charge in [-0.3, -0.25) is 0 Å². The maximum atomic E-state index is 12.8. The van der Waals surface area contributed by atoms with Crippen molar-refractivity contribution in [3.05, 3.63) is 18.2 Å². The van der Waals surface area contributed by atoms with Crippen molar-refractivity contribution >= 4 is 26.0 Å². The SMILES string of the molecule is CCOC(=O)N[C@H]1CS(=O)(=O)C[C@H]1NS(=O)(=O)c1ccc(OC)cc1OC. The summed E-state index contributed by atoms with van der Waals surface area (Å²) in [6.45, 7) is 1.70. The van der Waals surface area contributed by atoms with Gasteiger partial charge in [-0.05, 0) is 19.1 Å². The Labute approximate surface area is 158 Å². The van der Waals surface area contributed by atoms with E-state index < -0.39 is 49.5 Å². The summed E-state index contributed by atoms with van der Waals surface area (Å²) in [4.78, 5) is 11.4. The van der Waals surface area contributed by atoms with E-state index >= 15 is 0 Å². The number of alkyl carbamates (subject to hydrolysis) is 1. The van der Waals surface area contributed by atoms with Crippen molar-refractivity contribution in [2.24, 2.45) is 0 Å². The van der Waals surface area contributed by atoms with Crippen molar-refractivity contribution in [2.45, 2.75) is 23.9 Å². The molecule has 27 heavy (non-hydrogen) atoms. The van der Waals surface area contributed by atoms with E-state index in [-0.39, 0.29) is 17.3 Å². The largest absolute Gasteiger partial charge is 0.497 e. The standard InChI is InChI=1S/C15H22N2O8S2/c1-4-25-15(18)16-11-8-26(19,20)9-12(11)17-27(21,22)14-6-5-10(23-2)7-13(14)24-3/h5-7,11-12,17H,4,8-9H2,1-3H3,(H,16,18)/t11-,12+/m0/s1. The van der Waals surface area contributed by atoms with Gasteiger partial charge in [0.25, 0.3) is 0 Å². The topological polar surface area (TPSA) is 137 Å². The molecule has 0 bridgehead atoms. The van der Waals surface area contributed by atoms with Gasteiger partial charge in [0.15, 0.2) is 9.84 Å². The van der Waals surface area contributed by atoms with Gasteiger partial charge in [-0.1, -0.05) is 0 Å². The second-order valence-electron chi connectivity index (χ2n) is 5.79. The molecule has 1 saturated heterocycles. The van der Waals surface area contributed by atoms with Crippen LogP contribution in [0.5, 0.6) is 11.5 Å². The molecule has 0 aromatic heterocycles. The van der Waals surface area contributed by atoms with Gasteiger partial charge in [0, 0.05) is 6.07 Å². The molecule has 0 spiro atoms. The van der Waals surface area contributed by atoms with E-state index in [2.05, 4.69) is 10.0 Å². The summed E-state index contributed by atoms with van der Waals surface area (Å²) in [5.74, 6) is -0.394. The van der Waals surface area contributed by atoms with Gasteiger partial charge >= 0.3 is 6.09 Å². The molecule has 12 heteroatoms. The summed E-state index contributed by atoms with van der Waals surface area (Å²) < 4.78 is 66.6. The predicted octanol–water partition coefficient (Wildman–Crippen LogP) is -0.106. The highest BCUT2D eigenvalue weighted by Gasteiger charge is 2.41. The summed E-state index contributed by atoms with van der Waals surface area (Å²) in [5.41, 5.74) is 0. The molecule has 2 rings (SSSR count). The fraction of sp³-hybridized carbons (Fsp3) is 0.533. The Kier molecular flexibility index (Phi) is 6.54. The molecule has 1 aromatic rings. The molecule has 2 N–H and O–H groups in total. The van der Waals surface area contributed by atoms with E-state index in [1.54, 1.807) is 6.92 Å². The number of benzene rings is 1. The van der Waals surface area contributed by atoms with Crippen LogP contribution in [0.25, 0.3) is 0 Å². The average Bonchev–Trinajstić information content (AvgIpc) is 2.86. The van der Waals surface area contributed by atoms with Crippen LogP contribution in [-0.2, 0) is 24.6 Å². The number of hydrogen-bond acceptors (Lipinski definition) is 8. The fourth-order valence-electron chi connectivity index (χ4n) is 2.69. The number of hydrogen-bond donors (Lipinski definition) is 2. The lowest BCUT2D eigenvalue weighted by molar-refractivity contribution is 0.148. The van der Waals surface area contributed by atoms with Crippen molar-refractivity contribution in [1.29, 1.82) is 0 Å².